The summed E-state index contributed by atoms with van der Waals surface area (Å²) in [5.41, 5.74) is 4.08. The molecule has 0 saturated carbocycles. The van der Waals surface area contributed by atoms with Crippen LogP contribution in [0.2, 0.25) is 0 Å². The largest absolute Gasteiger partial charge is 0.508 e. The molecule has 0 spiro atoms. The van der Waals surface area contributed by atoms with E-state index in [-0.39, 0.29) is 11.7 Å². The highest BCUT2D eigenvalue weighted by Crippen LogP contribution is 2.47. The third-order valence-corrected chi connectivity index (χ3v) is 7.74. The Morgan fingerprint density at radius 1 is 1.30 bits per heavy atom. The maximum atomic E-state index is 12.9. The number of aromatic hydroxyl groups is 1. The van der Waals surface area contributed by atoms with E-state index in [4.69, 9.17) is 0 Å². The molecule has 5 heteroatoms. The zero-order valence-corrected chi connectivity index (χ0v) is 17.3. The molecule has 0 radical (unpaired) electrons. The second kappa shape index (κ2) is 6.55. The van der Waals surface area contributed by atoms with Gasteiger partial charge in [-0.05, 0) is 54.7 Å². The second-order valence-corrected chi connectivity index (χ2v) is 9.71. The van der Waals surface area contributed by atoms with Gasteiger partial charge in [0.1, 0.15) is 16.9 Å². The van der Waals surface area contributed by atoms with Gasteiger partial charge >= 0.3 is 0 Å². The number of nitrogens with one attached hydrogen (secondary N) is 2. The number of phenolic OH excluding ortho intramolecular Hbond substituents is 1. The summed E-state index contributed by atoms with van der Waals surface area (Å²) in [4.78, 5) is 14.2. The first-order valence-electron chi connectivity index (χ1n) is 9.81. The number of carbonyl (C=O) groups excluding carboxylic acids is 1. The summed E-state index contributed by atoms with van der Waals surface area (Å²) in [6.07, 6.45) is 3.96. The normalized spacial score (nSPS) is 21.9. The molecule has 1 aromatic carbocycles. The summed E-state index contributed by atoms with van der Waals surface area (Å²) in [5, 5.41) is 17.7. The Labute approximate surface area is 165 Å². The number of thiophene rings is 1. The number of anilines is 1. The quantitative estimate of drug-likeness (QED) is 0.685. The van der Waals surface area contributed by atoms with Crippen molar-refractivity contribution in [1.29, 1.82) is 0 Å². The molecule has 4 rings (SSSR count). The van der Waals surface area contributed by atoms with Crippen molar-refractivity contribution in [2.45, 2.75) is 59.5 Å². The van der Waals surface area contributed by atoms with Gasteiger partial charge in [-0.25, -0.2) is 0 Å². The third-order valence-electron chi connectivity index (χ3n) is 6.56. The van der Waals surface area contributed by atoms with Crippen LogP contribution in [0.15, 0.2) is 18.2 Å². The summed E-state index contributed by atoms with van der Waals surface area (Å²) in [7, 11) is 0. The minimum atomic E-state index is -0.395. The smallest absolute Gasteiger partial charge is 0.256 e. The number of aryl methyl sites for hydroxylation is 1. The Morgan fingerprint density at radius 2 is 2.07 bits per heavy atom. The lowest BCUT2D eigenvalue weighted by Gasteiger charge is -2.36. The van der Waals surface area contributed by atoms with Crippen LogP contribution >= 0.6 is 11.3 Å². The third kappa shape index (κ3) is 3.12. The van der Waals surface area contributed by atoms with Gasteiger partial charge in [0.2, 0.25) is 0 Å². The lowest BCUT2D eigenvalue weighted by molar-refractivity contribution is 0.0934. The molecule has 0 saturated heterocycles. The Hall–Kier alpha value is -2.01. The maximum Gasteiger partial charge on any atom is 0.256 e. The number of hydrogen-bond donors (Lipinski definition) is 3. The first kappa shape index (κ1) is 18.4. The minimum absolute atomic E-state index is 0.0283. The highest BCUT2D eigenvalue weighted by Gasteiger charge is 2.37. The Balaban J connectivity index is 1.65. The molecule has 3 N–H and O–H groups in total. The molecule has 144 valence electrons. The van der Waals surface area contributed by atoms with Gasteiger partial charge in [0.25, 0.3) is 5.91 Å². The molecule has 0 fully saturated rings. The van der Waals surface area contributed by atoms with Crippen LogP contribution in [0.3, 0.4) is 0 Å². The molecule has 27 heavy (non-hydrogen) atoms. The number of fused-ring (bicyclic) bond motifs is 3. The summed E-state index contributed by atoms with van der Waals surface area (Å²) in [6, 6.07) is 5.56. The fourth-order valence-corrected chi connectivity index (χ4v) is 5.66. The maximum absolute atomic E-state index is 12.9. The number of amides is 1. The van der Waals surface area contributed by atoms with Gasteiger partial charge in [0.05, 0.1) is 5.56 Å². The molecule has 4 nitrogen and oxygen atoms in total. The van der Waals surface area contributed by atoms with Crippen molar-refractivity contribution in [3.63, 3.8) is 0 Å². The Bertz CT molecular complexity index is 900. The van der Waals surface area contributed by atoms with E-state index in [1.54, 1.807) is 17.4 Å². The van der Waals surface area contributed by atoms with Gasteiger partial charge in [0.15, 0.2) is 0 Å². The van der Waals surface area contributed by atoms with E-state index < -0.39 is 6.17 Å². The highest BCUT2D eigenvalue weighted by atomic mass is 32.1. The molecule has 0 bridgehead atoms. The molecule has 1 aliphatic heterocycles. The summed E-state index contributed by atoms with van der Waals surface area (Å²) >= 11 is 1.73. The molecule has 2 heterocycles. The van der Waals surface area contributed by atoms with E-state index in [0.717, 1.165) is 35.4 Å². The van der Waals surface area contributed by atoms with Gasteiger partial charge in [-0.2, -0.15) is 0 Å². The van der Waals surface area contributed by atoms with Crippen molar-refractivity contribution in [3.05, 3.63) is 45.3 Å². The van der Waals surface area contributed by atoms with Crippen molar-refractivity contribution in [2.24, 2.45) is 11.3 Å². The monoisotopic (exact) mass is 384 g/mol. The van der Waals surface area contributed by atoms with E-state index in [2.05, 4.69) is 31.4 Å². The van der Waals surface area contributed by atoms with Crippen LogP contribution in [0, 0.1) is 18.3 Å². The van der Waals surface area contributed by atoms with E-state index in [1.165, 1.54) is 16.9 Å². The average molecular weight is 385 g/mol. The lowest BCUT2D eigenvalue weighted by Crippen LogP contribution is -2.38. The second-order valence-electron chi connectivity index (χ2n) is 8.60. The standard InChI is InChI=1S/C22H28N2O2S/c1-5-22(3,4)13-7-9-15-17(11-13)27-21-18(15)20(26)23-19(24-21)14-8-6-12(2)10-16(14)25/h6,8,10,13,19,24-25H,5,7,9,11H2,1-4H3,(H,23,26)/t13-,19-/m0/s1. The number of phenols is 1. The summed E-state index contributed by atoms with van der Waals surface area (Å²) < 4.78 is 0. The van der Waals surface area contributed by atoms with E-state index in [1.807, 2.05) is 19.1 Å². The minimum Gasteiger partial charge on any atom is -0.508 e. The molecule has 1 amide bonds. The predicted molar refractivity (Wildman–Crippen MR) is 111 cm³/mol. The van der Waals surface area contributed by atoms with Crippen LogP contribution in [-0.2, 0) is 12.8 Å². The van der Waals surface area contributed by atoms with Crippen molar-refractivity contribution < 1.29 is 9.90 Å². The molecular weight excluding hydrogens is 356 g/mol. The topological polar surface area (TPSA) is 61.4 Å². The highest BCUT2D eigenvalue weighted by molar-refractivity contribution is 7.16. The van der Waals surface area contributed by atoms with Gasteiger partial charge in [-0.15, -0.1) is 11.3 Å². The number of carbonyl (C=O) groups is 1. The molecule has 2 aromatic rings. The first-order chi connectivity index (χ1) is 12.8. The summed E-state index contributed by atoms with van der Waals surface area (Å²) in [6.45, 7) is 8.92. The van der Waals surface area contributed by atoms with Crippen LogP contribution < -0.4 is 10.6 Å². The molecule has 0 unspecified atom stereocenters. The van der Waals surface area contributed by atoms with Gasteiger partial charge in [-0.3, -0.25) is 4.79 Å². The molecule has 2 aliphatic rings. The van der Waals surface area contributed by atoms with Crippen LogP contribution in [0.5, 0.6) is 5.75 Å². The number of benzene rings is 1. The SMILES string of the molecule is CCC(C)(C)[C@H]1CCc2c(sc3c2C(=O)N[C@H](c2ccc(C)cc2O)N3)C1. The van der Waals surface area contributed by atoms with Crippen molar-refractivity contribution in [2.75, 3.05) is 5.32 Å². The van der Waals surface area contributed by atoms with Crippen LogP contribution in [-0.4, -0.2) is 11.0 Å². The van der Waals surface area contributed by atoms with Crippen LogP contribution in [0.1, 0.15) is 71.7 Å². The van der Waals surface area contributed by atoms with E-state index >= 15 is 0 Å². The zero-order valence-electron chi connectivity index (χ0n) is 16.5. The van der Waals surface area contributed by atoms with E-state index in [0.29, 0.717) is 16.9 Å². The van der Waals surface area contributed by atoms with Gasteiger partial charge in [-0.1, -0.05) is 39.3 Å². The zero-order chi connectivity index (χ0) is 19.3. The Kier molecular flexibility index (Phi) is 4.46. The fraction of sp³-hybridized carbons (Fsp3) is 0.500. The molecule has 1 aliphatic carbocycles. The lowest BCUT2D eigenvalue weighted by atomic mass is 9.69. The molecule has 1 aromatic heterocycles. The summed E-state index contributed by atoms with van der Waals surface area (Å²) in [5.74, 6) is 0.844. The van der Waals surface area contributed by atoms with Gasteiger partial charge in [0, 0.05) is 10.4 Å². The Morgan fingerprint density at radius 3 is 2.78 bits per heavy atom. The van der Waals surface area contributed by atoms with E-state index in [9.17, 15) is 9.90 Å². The predicted octanol–water partition coefficient (Wildman–Crippen LogP) is 5.16. The first-order valence-corrected chi connectivity index (χ1v) is 10.6. The average Bonchev–Trinajstić information content (AvgIpc) is 2.99. The van der Waals surface area contributed by atoms with Gasteiger partial charge < -0.3 is 15.7 Å². The molecule has 2 atom stereocenters. The van der Waals surface area contributed by atoms with Crippen molar-refractivity contribution >= 4 is 22.2 Å². The van der Waals surface area contributed by atoms with Crippen LogP contribution in [0.4, 0.5) is 5.00 Å². The van der Waals surface area contributed by atoms with Crippen molar-refractivity contribution in [3.8, 4) is 5.75 Å². The number of rotatable bonds is 3. The van der Waals surface area contributed by atoms with Crippen molar-refractivity contribution in [1.82, 2.24) is 5.32 Å². The van der Waals surface area contributed by atoms with Crippen LogP contribution in [0.25, 0.3) is 0 Å². The molecular formula is C22H28N2O2S. The number of hydrogen-bond acceptors (Lipinski definition) is 4. The fourth-order valence-electron chi connectivity index (χ4n) is 4.31.